The summed E-state index contributed by atoms with van der Waals surface area (Å²) in [4.78, 5) is 13.7. The van der Waals surface area contributed by atoms with E-state index in [4.69, 9.17) is 0 Å². The number of amides is 2. The van der Waals surface area contributed by atoms with E-state index in [-0.39, 0.29) is 12.1 Å². The normalized spacial score (nSPS) is 16.0. The molecule has 0 atom stereocenters. The molecule has 1 aromatic rings. The Hall–Kier alpha value is -1.55. The first-order chi connectivity index (χ1) is 10.3. The molecule has 2 rings (SSSR count). The number of aryl methyl sites for hydroxylation is 1. The van der Waals surface area contributed by atoms with Gasteiger partial charge in [0.15, 0.2) is 0 Å². The molecule has 0 radical (unpaired) electrons. The molecule has 116 valence electrons. The second-order valence-electron chi connectivity index (χ2n) is 5.75. The number of nitrogens with one attached hydrogen (secondary N) is 1. The molecule has 1 saturated heterocycles. The van der Waals surface area contributed by atoms with Gasteiger partial charge in [-0.1, -0.05) is 36.8 Å². The van der Waals surface area contributed by atoms with Crippen molar-refractivity contribution in [3.8, 4) is 0 Å². The molecule has 1 fully saturated rings. The monoisotopic (exact) mass is 290 g/mol. The molecule has 21 heavy (non-hydrogen) atoms. The Kier molecular flexibility index (Phi) is 6.54. The predicted octanol–water partition coefficient (Wildman–Crippen LogP) is 2.57. The van der Waals surface area contributed by atoms with Gasteiger partial charge in [0.2, 0.25) is 0 Å². The lowest BCUT2D eigenvalue weighted by molar-refractivity contribution is 0.0937. The van der Waals surface area contributed by atoms with Crippen molar-refractivity contribution in [1.29, 1.82) is 0 Å². The number of nitrogens with zero attached hydrogens (tertiary/aromatic N) is 1. The lowest BCUT2D eigenvalue weighted by Crippen LogP contribution is -2.45. The van der Waals surface area contributed by atoms with Gasteiger partial charge in [0, 0.05) is 19.6 Å². The minimum Gasteiger partial charge on any atom is -0.393 e. The van der Waals surface area contributed by atoms with Crippen molar-refractivity contribution >= 4 is 6.03 Å². The summed E-state index contributed by atoms with van der Waals surface area (Å²) in [5, 5.41) is 12.4. The van der Waals surface area contributed by atoms with E-state index in [9.17, 15) is 9.90 Å². The van der Waals surface area contributed by atoms with Gasteiger partial charge in [-0.15, -0.1) is 0 Å². The van der Waals surface area contributed by atoms with Crippen LogP contribution in [0.2, 0.25) is 0 Å². The summed E-state index contributed by atoms with van der Waals surface area (Å²) < 4.78 is 0. The third-order valence-corrected chi connectivity index (χ3v) is 4.01. The minimum atomic E-state index is -0.230. The molecule has 0 unspecified atom stereocenters. The molecule has 0 aromatic heterocycles. The SMILES string of the molecule is O=C(NCCCCCc1ccccc1)N1CCC(O)CC1. The Bertz CT molecular complexity index is 414. The predicted molar refractivity (Wildman–Crippen MR) is 84.2 cm³/mol. The van der Waals surface area contributed by atoms with Gasteiger partial charge >= 0.3 is 6.03 Å². The fourth-order valence-electron chi connectivity index (χ4n) is 2.65. The first-order valence-electron chi connectivity index (χ1n) is 8.00. The summed E-state index contributed by atoms with van der Waals surface area (Å²) >= 11 is 0. The number of carbonyl (C=O) groups excluding carboxylic acids is 1. The van der Waals surface area contributed by atoms with Crippen molar-refractivity contribution in [2.45, 2.75) is 44.6 Å². The van der Waals surface area contributed by atoms with Gasteiger partial charge in [-0.2, -0.15) is 0 Å². The zero-order chi connectivity index (χ0) is 14.9. The summed E-state index contributed by atoms with van der Waals surface area (Å²) in [6, 6.07) is 10.5. The molecule has 0 bridgehead atoms. The number of aliphatic hydroxyl groups excluding tert-OH is 1. The van der Waals surface area contributed by atoms with Gasteiger partial charge in [-0.3, -0.25) is 0 Å². The molecular weight excluding hydrogens is 264 g/mol. The van der Waals surface area contributed by atoms with Crippen molar-refractivity contribution in [2.24, 2.45) is 0 Å². The number of unbranched alkanes of at least 4 members (excludes halogenated alkanes) is 2. The topological polar surface area (TPSA) is 52.6 Å². The van der Waals surface area contributed by atoms with Crippen LogP contribution in [0.5, 0.6) is 0 Å². The molecule has 4 nitrogen and oxygen atoms in total. The van der Waals surface area contributed by atoms with Crippen LogP contribution in [0.1, 0.15) is 37.7 Å². The maximum atomic E-state index is 11.9. The number of likely N-dealkylation sites (tertiary alicyclic amines) is 1. The highest BCUT2D eigenvalue weighted by molar-refractivity contribution is 5.74. The highest BCUT2D eigenvalue weighted by Crippen LogP contribution is 2.10. The van der Waals surface area contributed by atoms with Gasteiger partial charge in [-0.25, -0.2) is 4.79 Å². The van der Waals surface area contributed by atoms with Gasteiger partial charge in [0.05, 0.1) is 6.10 Å². The lowest BCUT2D eigenvalue weighted by Gasteiger charge is -2.29. The number of benzene rings is 1. The average molecular weight is 290 g/mol. The van der Waals surface area contributed by atoms with Crippen LogP contribution in [0.3, 0.4) is 0 Å². The quantitative estimate of drug-likeness (QED) is 0.791. The third kappa shape index (κ3) is 5.76. The van der Waals surface area contributed by atoms with Gasteiger partial charge in [0.25, 0.3) is 0 Å². The molecule has 2 amide bonds. The van der Waals surface area contributed by atoms with E-state index < -0.39 is 0 Å². The Balaban J connectivity index is 1.50. The maximum absolute atomic E-state index is 11.9. The number of piperidine rings is 1. The van der Waals surface area contributed by atoms with Crippen LogP contribution < -0.4 is 5.32 Å². The van der Waals surface area contributed by atoms with Crippen LogP contribution in [-0.2, 0) is 6.42 Å². The van der Waals surface area contributed by atoms with Crippen LogP contribution in [0.25, 0.3) is 0 Å². The molecule has 2 N–H and O–H groups in total. The largest absolute Gasteiger partial charge is 0.393 e. The molecule has 1 heterocycles. The fourth-order valence-corrected chi connectivity index (χ4v) is 2.65. The second-order valence-corrected chi connectivity index (χ2v) is 5.75. The standard InChI is InChI=1S/C17H26N2O2/c20-16-10-13-19(14-11-16)17(21)18-12-6-2-5-9-15-7-3-1-4-8-15/h1,3-4,7-8,16,20H,2,5-6,9-14H2,(H,18,21). The van der Waals surface area contributed by atoms with Crippen LogP contribution >= 0.6 is 0 Å². The maximum Gasteiger partial charge on any atom is 0.317 e. The van der Waals surface area contributed by atoms with Crippen LogP contribution in [0.4, 0.5) is 4.79 Å². The van der Waals surface area contributed by atoms with Crippen molar-refractivity contribution in [3.05, 3.63) is 35.9 Å². The van der Waals surface area contributed by atoms with E-state index in [0.717, 1.165) is 32.2 Å². The van der Waals surface area contributed by atoms with Gasteiger partial charge in [-0.05, 0) is 37.7 Å². The highest BCUT2D eigenvalue weighted by atomic mass is 16.3. The highest BCUT2D eigenvalue weighted by Gasteiger charge is 2.20. The average Bonchev–Trinajstić information content (AvgIpc) is 2.52. The Labute approximate surface area is 127 Å². The van der Waals surface area contributed by atoms with Crippen molar-refractivity contribution < 1.29 is 9.90 Å². The number of hydrogen-bond donors (Lipinski definition) is 2. The number of rotatable bonds is 6. The summed E-state index contributed by atoms with van der Waals surface area (Å²) in [6.07, 6.45) is 5.60. The first-order valence-corrected chi connectivity index (χ1v) is 8.00. The molecule has 1 aliphatic rings. The molecule has 1 aromatic carbocycles. The van der Waals surface area contributed by atoms with E-state index in [0.29, 0.717) is 25.9 Å². The second kappa shape index (κ2) is 8.67. The van der Waals surface area contributed by atoms with Gasteiger partial charge in [0.1, 0.15) is 0 Å². The van der Waals surface area contributed by atoms with Gasteiger partial charge < -0.3 is 15.3 Å². The number of aliphatic hydroxyl groups is 1. The minimum absolute atomic E-state index is 0.0185. The molecule has 0 spiro atoms. The van der Waals surface area contributed by atoms with Crippen LogP contribution in [0.15, 0.2) is 30.3 Å². The summed E-state index contributed by atoms with van der Waals surface area (Å²) in [5.41, 5.74) is 1.38. The fraction of sp³-hybridized carbons (Fsp3) is 0.588. The van der Waals surface area contributed by atoms with E-state index in [1.54, 1.807) is 4.90 Å². The van der Waals surface area contributed by atoms with Crippen LogP contribution in [-0.4, -0.2) is 41.8 Å². The molecule has 1 aliphatic heterocycles. The van der Waals surface area contributed by atoms with Crippen LogP contribution in [0, 0.1) is 0 Å². The lowest BCUT2D eigenvalue weighted by atomic mass is 10.1. The van der Waals surface area contributed by atoms with E-state index in [2.05, 4.69) is 29.6 Å². The molecule has 0 saturated carbocycles. The van der Waals surface area contributed by atoms with Crippen molar-refractivity contribution in [1.82, 2.24) is 10.2 Å². The smallest absolute Gasteiger partial charge is 0.317 e. The Morgan fingerprint density at radius 2 is 1.86 bits per heavy atom. The Morgan fingerprint density at radius 1 is 1.14 bits per heavy atom. The number of carbonyl (C=O) groups is 1. The Morgan fingerprint density at radius 3 is 2.57 bits per heavy atom. The first kappa shape index (κ1) is 15.8. The number of urea groups is 1. The summed E-state index contributed by atoms with van der Waals surface area (Å²) in [7, 11) is 0. The molecular formula is C17H26N2O2. The summed E-state index contributed by atoms with van der Waals surface area (Å²) in [5.74, 6) is 0. The number of hydrogen-bond acceptors (Lipinski definition) is 2. The molecule has 4 heteroatoms. The zero-order valence-corrected chi connectivity index (χ0v) is 12.6. The molecule has 0 aliphatic carbocycles. The van der Waals surface area contributed by atoms with E-state index in [1.165, 1.54) is 5.56 Å². The zero-order valence-electron chi connectivity index (χ0n) is 12.6. The van der Waals surface area contributed by atoms with E-state index in [1.807, 2.05) is 6.07 Å². The third-order valence-electron chi connectivity index (χ3n) is 4.01. The van der Waals surface area contributed by atoms with Crippen molar-refractivity contribution in [3.63, 3.8) is 0 Å². The summed E-state index contributed by atoms with van der Waals surface area (Å²) in [6.45, 7) is 2.08. The van der Waals surface area contributed by atoms with Crippen molar-refractivity contribution in [2.75, 3.05) is 19.6 Å². The van der Waals surface area contributed by atoms with E-state index >= 15 is 0 Å².